The molecular formula is C15H21N3O. The second-order valence-electron chi connectivity index (χ2n) is 4.93. The van der Waals surface area contributed by atoms with Crippen molar-refractivity contribution in [1.82, 2.24) is 5.43 Å². The molecule has 2 rings (SSSR count). The Labute approximate surface area is 114 Å². The minimum absolute atomic E-state index is 0.156. The van der Waals surface area contributed by atoms with E-state index in [0.717, 1.165) is 16.8 Å². The van der Waals surface area contributed by atoms with Crippen LogP contribution in [0, 0.1) is 5.92 Å². The first-order chi connectivity index (χ1) is 9.19. The second kappa shape index (κ2) is 6.50. The van der Waals surface area contributed by atoms with Gasteiger partial charge < -0.3 is 10.5 Å². The van der Waals surface area contributed by atoms with E-state index in [-0.39, 0.29) is 6.23 Å². The Kier molecular flexibility index (Phi) is 4.71. The van der Waals surface area contributed by atoms with Crippen molar-refractivity contribution in [3.05, 3.63) is 47.5 Å². The van der Waals surface area contributed by atoms with E-state index in [1.807, 2.05) is 36.4 Å². The Balaban J connectivity index is 1.82. The standard InChI is InChI=1S/C15H21N3O/c1-11(2)14-7-8-15(18-17-14)19-10-13-5-3-12(9-16)4-6-13/h3-8,11,15,18H,9-10,16H2,1-2H3. The van der Waals surface area contributed by atoms with Crippen LogP contribution in [0.2, 0.25) is 0 Å². The van der Waals surface area contributed by atoms with Crippen molar-refractivity contribution < 1.29 is 4.74 Å². The summed E-state index contributed by atoms with van der Waals surface area (Å²) in [7, 11) is 0. The van der Waals surface area contributed by atoms with Crippen LogP contribution in [0.3, 0.4) is 0 Å². The van der Waals surface area contributed by atoms with Crippen LogP contribution in [-0.4, -0.2) is 11.9 Å². The van der Waals surface area contributed by atoms with Gasteiger partial charge in [0.2, 0.25) is 0 Å². The molecule has 3 N–H and O–H groups in total. The molecule has 1 aromatic rings. The Hall–Kier alpha value is -1.65. The molecule has 1 atom stereocenters. The average molecular weight is 259 g/mol. The largest absolute Gasteiger partial charge is 0.349 e. The summed E-state index contributed by atoms with van der Waals surface area (Å²) in [4.78, 5) is 0. The fraction of sp³-hybridized carbons (Fsp3) is 0.400. The second-order valence-corrected chi connectivity index (χ2v) is 4.93. The smallest absolute Gasteiger partial charge is 0.162 e. The first-order valence-electron chi connectivity index (χ1n) is 6.60. The molecular weight excluding hydrogens is 238 g/mol. The van der Waals surface area contributed by atoms with Crippen molar-refractivity contribution in [3.8, 4) is 0 Å². The number of hydrazone groups is 1. The maximum atomic E-state index is 5.73. The Bertz CT molecular complexity index is 463. The molecule has 0 radical (unpaired) electrons. The van der Waals surface area contributed by atoms with E-state index in [1.54, 1.807) is 0 Å². The first kappa shape index (κ1) is 13.8. The highest BCUT2D eigenvalue weighted by Gasteiger charge is 2.11. The summed E-state index contributed by atoms with van der Waals surface area (Å²) in [6.07, 6.45) is 3.86. The highest BCUT2D eigenvalue weighted by Crippen LogP contribution is 2.09. The fourth-order valence-electron chi connectivity index (χ4n) is 1.78. The van der Waals surface area contributed by atoms with Gasteiger partial charge in [-0.25, -0.2) is 0 Å². The third-order valence-corrected chi connectivity index (χ3v) is 3.04. The minimum Gasteiger partial charge on any atom is -0.349 e. The van der Waals surface area contributed by atoms with E-state index >= 15 is 0 Å². The van der Waals surface area contributed by atoms with Crippen LogP contribution in [-0.2, 0) is 17.9 Å². The molecule has 4 nitrogen and oxygen atoms in total. The molecule has 102 valence electrons. The maximum Gasteiger partial charge on any atom is 0.162 e. The van der Waals surface area contributed by atoms with Crippen molar-refractivity contribution in [1.29, 1.82) is 0 Å². The Morgan fingerprint density at radius 2 is 1.95 bits per heavy atom. The summed E-state index contributed by atoms with van der Waals surface area (Å²) in [5.74, 6) is 0.425. The highest BCUT2D eigenvalue weighted by atomic mass is 16.5. The van der Waals surface area contributed by atoms with Gasteiger partial charge in [0.1, 0.15) is 0 Å². The molecule has 0 aliphatic carbocycles. The van der Waals surface area contributed by atoms with Crippen molar-refractivity contribution >= 4 is 5.71 Å². The molecule has 1 heterocycles. The monoisotopic (exact) mass is 259 g/mol. The van der Waals surface area contributed by atoms with Crippen molar-refractivity contribution in [3.63, 3.8) is 0 Å². The zero-order valence-electron chi connectivity index (χ0n) is 11.5. The van der Waals surface area contributed by atoms with Crippen molar-refractivity contribution in [2.45, 2.75) is 33.2 Å². The summed E-state index contributed by atoms with van der Waals surface area (Å²) in [5.41, 5.74) is 11.9. The third kappa shape index (κ3) is 3.91. The zero-order valence-corrected chi connectivity index (χ0v) is 11.5. The number of benzene rings is 1. The molecule has 4 heteroatoms. The molecule has 1 aliphatic rings. The molecule has 19 heavy (non-hydrogen) atoms. The lowest BCUT2D eigenvalue weighted by molar-refractivity contribution is 0.0496. The van der Waals surface area contributed by atoms with Crippen LogP contribution in [0.4, 0.5) is 0 Å². The molecule has 1 unspecified atom stereocenters. The molecule has 0 spiro atoms. The van der Waals surface area contributed by atoms with E-state index in [0.29, 0.717) is 19.1 Å². The molecule has 0 bridgehead atoms. The maximum absolute atomic E-state index is 5.73. The number of nitrogens with two attached hydrogens (primary N) is 1. The lowest BCUT2D eigenvalue weighted by Crippen LogP contribution is -2.30. The van der Waals surface area contributed by atoms with Gasteiger partial charge in [-0.15, -0.1) is 0 Å². The van der Waals surface area contributed by atoms with Crippen LogP contribution in [0.25, 0.3) is 0 Å². The lowest BCUT2D eigenvalue weighted by Gasteiger charge is -2.19. The molecule has 0 saturated carbocycles. The molecule has 1 aliphatic heterocycles. The van der Waals surface area contributed by atoms with Crippen LogP contribution in [0.1, 0.15) is 25.0 Å². The molecule has 0 aromatic heterocycles. The number of rotatable bonds is 5. The van der Waals surface area contributed by atoms with Gasteiger partial charge in [0, 0.05) is 6.54 Å². The van der Waals surface area contributed by atoms with E-state index in [9.17, 15) is 0 Å². The number of hydrogen-bond donors (Lipinski definition) is 2. The quantitative estimate of drug-likeness (QED) is 0.852. The van der Waals surface area contributed by atoms with Crippen molar-refractivity contribution in [2.24, 2.45) is 16.8 Å². The number of ether oxygens (including phenoxy) is 1. The summed E-state index contributed by atoms with van der Waals surface area (Å²) in [6, 6.07) is 8.13. The van der Waals surface area contributed by atoms with Crippen LogP contribution < -0.4 is 11.2 Å². The SMILES string of the molecule is CC(C)C1=NNC(OCc2ccc(CN)cc2)C=C1. The molecule has 0 amide bonds. The van der Waals surface area contributed by atoms with Crippen LogP contribution in [0.5, 0.6) is 0 Å². The predicted octanol–water partition coefficient (Wildman–Crippen LogP) is 2.16. The van der Waals surface area contributed by atoms with Crippen LogP contribution in [0.15, 0.2) is 41.5 Å². The van der Waals surface area contributed by atoms with Gasteiger partial charge in [0.25, 0.3) is 0 Å². The zero-order chi connectivity index (χ0) is 13.7. The molecule has 0 saturated heterocycles. The average Bonchev–Trinajstić information content (AvgIpc) is 2.46. The van der Waals surface area contributed by atoms with Crippen molar-refractivity contribution in [2.75, 3.05) is 0 Å². The van der Waals surface area contributed by atoms with E-state index < -0.39 is 0 Å². The predicted molar refractivity (Wildman–Crippen MR) is 77.5 cm³/mol. The van der Waals surface area contributed by atoms with Gasteiger partial charge in [-0.05, 0) is 29.2 Å². The fourth-order valence-corrected chi connectivity index (χ4v) is 1.78. The van der Waals surface area contributed by atoms with Gasteiger partial charge >= 0.3 is 0 Å². The Morgan fingerprint density at radius 3 is 2.47 bits per heavy atom. The van der Waals surface area contributed by atoms with E-state index in [1.165, 1.54) is 0 Å². The molecule has 0 fully saturated rings. The normalized spacial score (nSPS) is 18.3. The number of nitrogens with zero attached hydrogens (tertiary/aromatic N) is 1. The van der Waals surface area contributed by atoms with Gasteiger partial charge in [-0.1, -0.05) is 38.1 Å². The molecule has 1 aromatic carbocycles. The minimum atomic E-state index is -0.156. The van der Waals surface area contributed by atoms with Crippen LogP contribution >= 0.6 is 0 Å². The lowest BCUT2D eigenvalue weighted by atomic mass is 10.1. The first-order valence-corrected chi connectivity index (χ1v) is 6.60. The summed E-state index contributed by atoms with van der Waals surface area (Å²) in [6.45, 7) is 5.36. The highest BCUT2D eigenvalue weighted by molar-refractivity contribution is 5.96. The summed E-state index contributed by atoms with van der Waals surface area (Å²) >= 11 is 0. The summed E-state index contributed by atoms with van der Waals surface area (Å²) in [5, 5.41) is 4.29. The number of allylic oxidation sites excluding steroid dienone is 1. The summed E-state index contributed by atoms with van der Waals surface area (Å²) < 4.78 is 5.73. The van der Waals surface area contributed by atoms with Gasteiger partial charge in [-0.2, -0.15) is 5.10 Å². The number of nitrogens with one attached hydrogen (secondary N) is 1. The topological polar surface area (TPSA) is 59.6 Å². The van der Waals surface area contributed by atoms with Gasteiger partial charge in [0.05, 0.1) is 12.3 Å². The van der Waals surface area contributed by atoms with Gasteiger partial charge in [0.15, 0.2) is 6.23 Å². The number of hydrogen-bond acceptors (Lipinski definition) is 4. The van der Waals surface area contributed by atoms with Gasteiger partial charge in [-0.3, -0.25) is 5.43 Å². The Morgan fingerprint density at radius 1 is 1.26 bits per heavy atom. The van der Waals surface area contributed by atoms with E-state index in [2.05, 4.69) is 24.4 Å². The third-order valence-electron chi connectivity index (χ3n) is 3.04. The van der Waals surface area contributed by atoms with E-state index in [4.69, 9.17) is 10.5 Å².